The summed E-state index contributed by atoms with van der Waals surface area (Å²) in [6.07, 6.45) is 3.30. The van der Waals surface area contributed by atoms with Crippen molar-refractivity contribution in [1.29, 1.82) is 0 Å². The molecule has 19 heavy (non-hydrogen) atoms. The second-order valence-corrected chi connectivity index (χ2v) is 5.36. The molecular weight excluding hydrogens is 234 g/mol. The van der Waals surface area contributed by atoms with E-state index in [1.165, 1.54) is 22.6 Å². The van der Waals surface area contributed by atoms with Gasteiger partial charge in [0.05, 0.1) is 11.7 Å². The van der Waals surface area contributed by atoms with E-state index in [4.69, 9.17) is 5.10 Å². The molecule has 3 rings (SSSR count). The van der Waals surface area contributed by atoms with Crippen molar-refractivity contribution in [1.82, 2.24) is 9.78 Å². The molecule has 0 spiro atoms. The largest absolute Gasteiger partial charge is 0.370 e. The van der Waals surface area contributed by atoms with Crippen LogP contribution in [0.2, 0.25) is 0 Å². The van der Waals surface area contributed by atoms with Crippen LogP contribution in [-0.2, 0) is 6.42 Å². The Morgan fingerprint density at radius 3 is 2.84 bits per heavy atom. The van der Waals surface area contributed by atoms with Gasteiger partial charge in [-0.15, -0.1) is 0 Å². The molecule has 1 unspecified atom stereocenters. The zero-order valence-electron chi connectivity index (χ0n) is 11.7. The van der Waals surface area contributed by atoms with E-state index in [0.29, 0.717) is 6.04 Å². The minimum absolute atomic E-state index is 0.377. The van der Waals surface area contributed by atoms with Crippen molar-refractivity contribution >= 4 is 5.82 Å². The predicted molar refractivity (Wildman–Crippen MR) is 78.6 cm³/mol. The van der Waals surface area contributed by atoms with Crippen LogP contribution in [0.4, 0.5) is 5.82 Å². The van der Waals surface area contributed by atoms with E-state index in [-0.39, 0.29) is 0 Å². The van der Waals surface area contributed by atoms with Crippen LogP contribution >= 0.6 is 0 Å². The molecule has 0 saturated carbocycles. The SMILES string of the molecule is CCCc1cc2n(n1)C(c1ccc(C)cc1)CCN2. The molecule has 2 aromatic rings. The Bertz CT molecular complexity index is 554. The predicted octanol–water partition coefficient (Wildman–Crippen LogP) is 3.55. The van der Waals surface area contributed by atoms with Crippen molar-refractivity contribution in [3.63, 3.8) is 0 Å². The summed E-state index contributed by atoms with van der Waals surface area (Å²) in [6.45, 7) is 5.35. The molecule has 0 aliphatic carbocycles. The zero-order chi connectivity index (χ0) is 13.2. The maximum absolute atomic E-state index is 4.77. The average molecular weight is 255 g/mol. The van der Waals surface area contributed by atoms with Crippen LogP contribution in [0.15, 0.2) is 30.3 Å². The first kappa shape index (κ1) is 12.3. The maximum Gasteiger partial charge on any atom is 0.125 e. The number of nitrogens with one attached hydrogen (secondary N) is 1. The van der Waals surface area contributed by atoms with E-state index in [1.54, 1.807) is 0 Å². The highest BCUT2D eigenvalue weighted by molar-refractivity contribution is 5.41. The lowest BCUT2D eigenvalue weighted by molar-refractivity contribution is 0.477. The third-order valence-corrected chi connectivity index (χ3v) is 3.77. The number of nitrogens with zero attached hydrogens (tertiary/aromatic N) is 2. The number of hydrogen-bond donors (Lipinski definition) is 1. The number of hydrogen-bond acceptors (Lipinski definition) is 2. The van der Waals surface area contributed by atoms with Gasteiger partial charge in [0.2, 0.25) is 0 Å². The second kappa shape index (κ2) is 5.08. The third-order valence-electron chi connectivity index (χ3n) is 3.77. The van der Waals surface area contributed by atoms with Gasteiger partial charge in [-0.2, -0.15) is 5.10 Å². The van der Waals surface area contributed by atoms with Gasteiger partial charge < -0.3 is 5.32 Å². The molecule has 1 aromatic heterocycles. The highest BCUT2D eigenvalue weighted by Crippen LogP contribution is 2.30. The molecule has 100 valence electrons. The Morgan fingerprint density at radius 1 is 1.32 bits per heavy atom. The van der Waals surface area contributed by atoms with Gasteiger partial charge in [0.15, 0.2) is 0 Å². The summed E-state index contributed by atoms with van der Waals surface area (Å²) in [5.41, 5.74) is 3.87. The Balaban J connectivity index is 1.95. The molecule has 0 amide bonds. The molecule has 3 nitrogen and oxygen atoms in total. The molecule has 3 heteroatoms. The molecule has 0 radical (unpaired) electrons. The van der Waals surface area contributed by atoms with Crippen LogP contribution in [0.3, 0.4) is 0 Å². The topological polar surface area (TPSA) is 29.9 Å². The van der Waals surface area contributed by atoms with Gasteiger partial charge >= 0.3 is 0 Å². The van der Waals surface area contributed by atoms with E-state index in [1.807, 2.05) is 0 Å². The van der Waals surface area contributed by atoms with Crippen molar-refractivity contribution in [3.05, 3.63) is 47.2 Å². The Kier molecular flexibility index (Phi) is 3.28. The summed E-state index contributed by atoms with van der Waals surface area (Å²) in [6, 6.07) is 11.4. The van der Waals surface area contributed by atoms with E-state index >= 15 is 0 Å². The standard InChI is InChI=1S/C16H21N3/c1-3-4-14-11-16-17-10-9-15(19(16)18-14)13-7-5-12(2)6-8-13/h5-8,11,15,17H,3-4,9-10H2,1-2H3. The third kappa shape index (κ3) is 2.37. The van der Waals surface area contributed by atoms with E-state index < -0.39 is 0 Å². The monoisotopic (exact) mass is 255 g/mol. The molecule has 0 bridgehead atoms. The van der Waals surface area contributed by atoms with E-state index in [0.717, 1.165) is 25.8 Å². The van der Waals surface area contributed by atoms with Crippen LogP contribution in [-0.4, -0.2) is 16.3 Å². The van der Waals surface area contributed by atoms with Crippen LogP contribution in [0, 0.1) is 6.92 Å². The number of fused-ring (bicyclic) bond motifs is 1. The van der Waals surface area contributed by atoms with Crippen molar-refractivity contribution in [3.8, 4) is 0 Å². The van der Waals surface area contributed by atoms with E-state index in [2.05, 4.69) is 54.2 Å². The number of anilines is 1. The van der Waals surface area contributed by atoms with Gasteiger partial charge in [-0.1, -0.05) is 43.2 Å². The first-order valence-electron chi connectivity index (χ1n) is 7.17. The lowest BCUT2D eigenvalue weighted by Crippen LogP contribution is -2.24. The summed E-state index contributed by atoms with van der Waals surface area (Å²) in [4.78, 5) is 0. The summed E-state index contributed by atoms with van der Waals surface area (Å²) < 4.78 is 2.17. The summed E-state index contributed by atoms with van der Waals surface area (Å²) in [5, 5.41) is 8.23. The minimum atomic E-state index is 0.377. The van der Waals surface area contributed by atoms with Gasteiger partial charge in [0, 0.05) is 12.6 Å². The number of benzene rings is 1. The fraction of sp³-hybridized carbons (Fsp3) is 0.438. The summed E-state index contributed by atoms with van der Waals surface area (Å²) in [5.74, 6) is 1.17. The fourth-order valence-corrected chi connectivity index (χ4v) is 2.75. The maximum atomic E-state index is 4.77. The Hall–Kier alpha value is -1.77. The second-order valence-electron chi connectivity index (χ2n) is 5.36. The minimum Gasteiger partial charge on any atom is -0.370 e. The lowest BCUT2D eigenvalue weighted by atomic mass is 10.0. The van der Waals surface area contributed by atoms with Crippen molar-refractivity contribution in [2.24, 2.45) is 0 Å². The van der Waals surface area contributed by atoms with Crippen molar-refractivity contribution in [2.45, 2.75) is 39.2 Å². The molecule has 1 N–H and O–H groups in total. The normalized spacial score (nSPS) is 17.9. The highest BCUT2D eigenvalue weighted by Gasteiger charge is 2.22. The first-order valence-corrected chi connectivity index (χ1v) is 7.17. The first-order chi connectivity index (χ1) is 9.28. The smallest absolute Gasteiger partial charge is 0.125 e. The number of aromatic nitrogens is 2. The Morgan fingerprint density at radius 2 is 2.11 bits per heavy atom. The highest BCUT2D eigenvalue weighted by atomic mass is 15.4. The van der Waals surface area contributed by atoms with Gasteiger partial charge in [-0.25, -0.2) is 4.68 Å². The quantitative estimate of drug-likeness (QED) is 0.909. The lowest BCUT2D eigenvalue weighted by Gasteiger charge is -2.26. The molecule has 1 atom stereocenters. The molecule has 0 fully saturated rings. The molecule has 1 aliphatic rings. The van der Waals surface area contributed by atoms with Gasteiger partial charge in [-0.3, -0.25) is 0 Å². The van der Waals surface area contributed by atoms with Gasteiger partial charge in [0.1, 0.15) is 5.82 Å². The number of rotatable bonds is 3. The molecular formula is C16H21N3. The van der Waals surface area contributed by atoms with Gasteiger partial charge in [-0.05, 0) is 25.3 Å². The van der Waals surface area contributed by atoms with E-state index in [9.17, 15) is 0 Å². The molecule has 2 heterocycles. The van der Waals surface area contributed by atoms with Crippen LogP contribution in [0.5, 0.6) is 0 Å². The summed E-state index contributed by atoms with van der Waals surface area (Å²) in [7, 11) is 0. The molecule has 1 aromatic carbocycles. The van der Waals surface area contributed by atoms with Gasteiger partial charge in [0.25, 0.3) is 0 Å². The molecule has 0 saturated heterocycles. The fourth-order valence-electron chi connectivity index (χ4n) is 2.75. The molecule has 1 aliphatic heterocycles. The zero-order valence-corrected chi connectivity index (χ0v) is 11.7. The Labute approximate surface area is 114 Å². The van der Waals surface area contributed by atoms with Crippen LogP contribution in [0.25, 0.3) is 0 Å². The van der Waals surface area contributed by atoms with Crippen LogP contribution in [0.1, 0.15) is 42.6 Å². The van der Waals surface area contributed by atoms with Crippen LogP contribution < -0.4 is 5.32 Å². The van der Waals surface area contributed by atoms with Crippen molar-refractivity contribution < 1.29 is 0 Å². The summed E-state index contributed by atoms with van der Waals surface area (Å²) >= 11 is 0. The van der Waals surface area contributed by atoms with Crippen molar-refractivity contribution in [2.75, 3.05) is 11.9 Å². The number of aryl methyl sites for hydroxylation is 2. The average Bonchev–Trinajstić information content (AvgIpc) is 2.82.